The number of hydrogen-bond acceptors (Lipinski definition) is 6. The molecule has 1 aromatic rings. The third kappa shape index (κ3) is 3.66. The summed E-state index contributed by atoms with van der Waals surface area (Å²) in [6.45, 7) is 7.93. The molecule has 132 valence electrons. The number of anilines is 2. The predicted molar refractivity (Wildman–Crippen MR) is 93.1 cm³/mol. The molecule has 0 saturated carbocycles. The van der Waals surface area contributed by atoms with Gasteiger partial charge in [0.05, 0.1) is 6.04 Å². The SMILES string of the molecule is CC(C)(C)OC(=O)N1CCC[C@@H]2CN(c3cc(Cl)nc(N)n3)C[C@@H]21. The molecule has 0 aliphatic carbocycles. The van der Waals surface area contributed by atoms with Crippen LogP contribution in [0.1, 0.15) is 33.6 Å². The number of rotatable bonds is 1. The van der Waals surface area contributed by atoms with Gasteiger partial charge < -0.3 is 20.3 Å². The quantitative estimate of drug-likeness (QED) is 0.781. The second-order valence-corrected chi connectivity index (χ2v) is 7.84. The van der Waals surface area contributed by atoms with Crippen LogP contribution in [-0.2, 0) is 4.74 Å². The number of nitrogen functional groups attached to an aromatic ring is 1. The highest BCUT2D eigenvalue weighted by atomic mass is 35.5. The zero-order valence-electron chi connectivity index (χ0n) is 14.3. The number of carbonyl (C=O) groups excluding carboxylic acids is 1. The Labute approximate surface area is 147 Å². The molecule has 2 N–H and O–H groups in total. The fourth-order valence-corrected chi connectivity index (χ4v) is 3.68. The molecule has 0 unspecified atom stereocenters. The van der Waals surface area contributed by atoms with Crippen LogP contribution in [0.2, 0.25) is 5.15 Å². The van der Waals surface area contributed by atoms with E-state index in [2.05, 4.69) is 14.9 Å². The molecule has 1 amide bonds. The summed E-state index contributed by atoms with van der Waals surface area (Å²) in [4.78, 5) is 24.7. The maximum Gasteiger partial charge on any atom is 0.410 e. The summed E-state index contributed by atoms with van der Waals surface area (Å²) < 4.78 is 5.57. The van der Waals surface area contributed by atoms with Gasteiger partial charge in [-0.25, -0.2) is 9.78 Å². The van der Waals surface area contributed by atoms with Crippen molar-refractivity contribution >= 4 is 29.5 Å². The van der Waals surface area contributed by atoms with Gasteiger partial charge in [-0.2, -0.15) is 4.98 Å². The second kappa shape index (κ2) is 6.27. The second-order valence-electron chi connectivity index (χ2n) is 7.46. The largest absolute Gasteiger partial charge is 0.444 e. The van der Waals surface area contributed by atoms with E-state index in [0.717, 1.165) is 25.9 Å². The lowest BCUT2D eigenvalue weighted by Crippen LogP contribution is -2.50. The first-order valence-corrected chi connectivity index (χ1v) is 8.65. The van der Waals surface area contributed by atoms with Crippen molar-refractivity contribution in [3.05, 3.63) is 11.2 Å². The molecule has 2 fully saturated rings. The fraction of sp³-hybridized carbons (Fsp3) is 0.688. The third-order valence-electron chi connectivity index (χ3n) is 4.43. The van der Waals surface area contributed by atoms with E-state index in [4.69, 9.17) is 22.1 Å². The van der Waals surface area contributed by atoms with E-state index in [1.54, 1.807) is 6.07 Å². The van der Waals surface area contributed by atoms with Gasteiger partial charge in [0, 0.05) is 25.7 Å². The summed E-state index contributed by atoms with van der Waals surface area (Å²) in [6.07, 6.45) is 1.84. The Morgan fingerprint density at radius 3 is 2.79 bits per heavy atom. The van der Waals surface area contributed by atoms with Crippen molar-refractivity contribution in [2.45, 2.75) is 45.3 Å². The van der Waals surface area contributed by atoms with E-state index in [-0.39, 0.29) is 18.1 Å². The summed E-state index contributed by atoms with van der Waals surface area (Å²) in [5, 5.41) is 0.330. The first kappa shape index (κ1) is 17.1. The zero-order valence-corrected chi connectivity index (χ0v) is 15.1. The van der Waals surface area contributed by atoms with Gasteiger partial charge in [0.2, 0.25) is 5.95 Å². The van der Waals surface area contributed by atoms with Gasteiger partial charge in [-0.3, -0.25) is 0 Å². The van der Waals surface area contributed by atoms with E-state index in [1.165, 1.54) is 0 Å². The molecule has 2 saturated heterocycles. The van der Waals surface area contributed by atoms with Crippen molar-refractivity contribution in [3.8, 4) is 0 Å². The predicted octanol–water partition coefficient (Wildman–Crippen LogP) is 2.55. The van der Waals surface area contributed by atoms with Crippen molar-refractivity contribution in [1.29, 1.82) is 0 Å². The number of nitrogens with zero attached hydrogens (tertiary/aromatic N) is 4. The number of aromatic nitrogens is 2. The van der Waals surface area contributed by atoms with Gasteiger partial charge >= 0.3 is 6.09 Å². The summed E-state index contributed by atoms with van der Waals surface area (Å²) in [5.41, 5.74) is 5.21. The van der Waals surface area contributed by atoms with E-state index in [9.17, 15) is 4.79 Å². The number of halogens is 1. The fourth-order valence-electron chi connectivity index (χ4n) is 3.50. The van der Waals surface area contributed by atoms with Crippen LogP contribution < -0.4 is 10.6 Å². The minimum absolute atomic E-state index is 0.128. The first-order valence-electron chi connectivity index (χ1n) is 8.27. The number of ether oxygens (including phenoxy) is 1. The molecule has 24 heavy (non-hydrogen) atoms. The van der Waals surface area contributed by atoms with Crippen LogP contribution in [0.4, 0.5) is 16.6 Å². The van der Waals surface area contributed by atoms with Gasteiger partial charge in [-0.05, 0) is 39.5 Å². The van der Waals surface area contributed by atoms with Gasteiger partial charge in [-0.1, -0.05) is 11.6 Å². The van der Waals surface area contributed by atoms with Crippen LogP contribution >= 0.6 is 11.6 Å². The Hall–Kier alpha value is -1.76. The molecule has 2 aliphatic heterocycles. The maximum absolute atomic E-state index is 12.5. The van der Waals surface area contributed by atoms with E-state index < -0.39 is 5.60 Å². The maximum atomic E-state index is 12.5. The molecule has 1 aromatic heterocycles. The average Bonchev–Trinajstić information content (AvgIpc) is 2.88. The molecule has 2 aliphatic rings. The molecule has 3 heterocycles. The molecule has 0 spiro atoms. The van der Waals surface area contributed by atoms with Crippen LogP contribution in [0.5, 0.6) is 0 Å². The highest BCUT2D eigenvalue weighted by Gasteiger charge is 2.42. The van der Waals surface area contributed by atoms with Crippen LogP contribution in [-0.4, -0.2) is 52.2 Å². The minimum Gasteiger partial charge on any atom is -0.444 e. The Morgan fingerprint density at radius 1 is 1.38 bits per heavy atom. The number of fused-ring (bicyclic) bond motifs is 1. The first-order chi connectivity index (χ1) is 11.2. The van der Waals surface area contributed by atoms with Gasteiger partial charge in [0.15, 0.2) is 0 Å². The molecular formula is C16H24ClN5O2. The summed E-state index contributed by atoms with van der Waals surface area (Å²) in [5.74, 6) is 1.28. The summed E-state index contributed by atoms with van der Waals surface area (Å²) >= 11 is 5.99. The van der Waals surface area contributed by atoms with Gasteiger partial charge in [-0.15, -0.1) is 0 Å². The number of amides is 1. The lowest BCUT2D eigenvalue weighted by Gasteiger charge is -2.37. The highest BCUT2D eigenvalue weighted by molar-refractivity contribution is 6.29. The molecule has 0 radical (unpaired) electrons. The Bertz CT molecular complexity index is 613. The third-order valence-corrected chi connectivity index (χ3v) is 4.63. The lowest BCUT2D eigenvalue weighted by molar-refractivity contribution is 0.00669. The molecule has 0 aromatic carbocycles. The molecular weight excluding hydrogens is 330 g/mol. The zero-order chi connectivity index (χ0) is 17.5. The van der Waals surface area contributed by atoms with Gasteiger partial charge in [0.1, 0.15) is 16.6 Å². The Balaban J connectivity index is 1.76. The van der Waals surface area contributed by atoms with Crippen molar-refractivity contribution in [3.63, 3.8) is 0 Å². The van der Waals surface area contributed by atoms with E-state index in [1.807, 2.05) is 25.7 Å². The molecule has 0 bridgehead atoms. The summed E-state index contributed by atoms with van der Waals surface area (Å²) in [6, 6.07) is 1.84. The number of piperidine rings is 1. The summed E-state index contributed by atoms with van der Waals surface area (Å²) in [7, 11) is 0. The number of hydrogen-bond donors (Lipinski definition) is 1. The van der Waals surface area contributed by atoms with Crippen LogP contribution in [0.3, 0.4) is 0 Å². The van der Waals surface area contributed by atoms with Crippen LogP contribution in [0, 0.1) is 5.92 Å². The molecule has 2 atom stereocenters. The monoisotopic (exact) mass is 353 g/mol. The normalized spacial score (nSPS) is 24.0. The number of likely N-dealkylation sites (tertiary alicyclic amines) is 1. The van der Waals surface area contributed by atoms with Crippen molar-refractivity contribution < 1.29 is 9.53 Å². The molecule has 3 rings (SSSR count). The smallest absolute Gasteiger partial charge is 0.410 e. The lowest BCUT2D eigenvalue weighted by atomic mass is 9.92. The highest BCUT2D eigenvalue weighted by Crippen LogP contribution is 2.34. The average molecular weight is 354 g/mol. The van der Waals surface area contributed by atoms with Crippen LogP contribution in [0.15, 0.2) is 6.07 Å². The van der Waals surface area contributed by atoms with Crippen molar-refractivity contribution in [2.24, 2.45) is 5.92 Å². The van der Waals surface area contributed by atoms with E-state index >= 15 is 0 Å². The minimum atomic E-state index is -0.489. The topological polar surface area (TPSA) is 84.6 Å². The Morgan fingerprint density at radius 2 is 2.12 bits per heavy atom. The molecule has 8 heteroatoms. The number of nitrogens with two attached hydrogens (primary N) is 1. The van der Waals surface area contributed by atoms with Crippen molar-refractivity contribution in [2.75, 3.05) is 30.3 Å². The van der Waals surface area contributed by atoms with Crippen molar-refractivity contribution in [1.82, 2.24) is 14.9 Å². The molecule has 7 nitrogen and oxygen atoms in total. The Kier molecular flexibility index (Phi) is 4.46. The van der Waals surface area contributed by atoms with Gasteiger partial charge in [0.25, 0.3) is 0 Å². The van der Waals surface area contributed by atoms with E-state index in [0.29, 0.717) is 23.4 Å². The standard InChI is InChI=1S/C16H24ClN5O2/c1-16(2,3)24-15(23)22-6-4-5-10-8-21(9-11(10)22)13-7-12(17)19-14(18)20-13/h7,10-11H,4-6,8-9H2,1-3H3,(H2,18,19,20)/t10-,11+/m1/s1. The number of carbonyl (C=O) groups is 1. The van der Waals surface area contributed by atoms with Crippen LogP contribution in [0.25, 0.3) is 0 Å².